The van der Waals surface area contributed by atoms with Gasteiger partial charge in [-0.15, -0.1) is 0 Å². The summed E-state index contributed by atoms with van der Waals surface area (Å²) in [5.41, 5.74) is 1.14. The van der Waals surface area contributed by atoms with Gasteiger partial charge in [0.2, 0.25) is 0 Å². The van der Waals surface area contributed by atoms with E-state index in [1.165, 1.54) is 0 Å². The molecule has 0 bridgehead atoms. The minimum Gasteiger partial charge on any atom is -0.393 e. The lowest BCUT2D eigenvalue weighted by atomic mass is 9.87. The van der Waals surface area contributed by atoms with Crippen LogP contribution in [0.3, 0.4) is 0 Å². The number of benzene rings is 1. The van der Waals surface area contributed by atoms with Gasteiger partial charge >= 0.3 is 0 Å². The third kappa shape index (κ3) is 6.07. The standard InChI is InChI=1S/C17H29NO3S/c1-14(19)10-11-18(5)12-13-22(20,21)16-8-6-15(7-9-16)17(2,3)4/h6-9,14,19H,10-13H2,1-5H3. The molecule has 5 heteroatoms. The molecule has 1 atom stereocenters. The Morgan fingerprint density at radius 2 is 1.68 bits per heavy atom. The van der Waals surface area contributed by atoms with Crippen molar-refractivity contribution < 1.29 is 13.5 Å². The van der Waals surface area contributed by atoms with E-state index in [1.54, 1.807) is 19.1 Å². The Morgan fingerprint density at radius 1 is 1.14 bits per heavy atom. The maximum atomic E-state index is 12.4. The summed E-state index contributed by atoms with van der Waals surface area (Å²) >= 11 is 0. The van der Waals surface area contributed by atoms with Crippen molar-refractivity contribution >= 4 is 9.84 Å². The number of aliphatic hydroxyl groups is 1. The first-order chi connectivity index (χ1) is 10.0. The second-order valence-electron chi connectivity index (χ2n) is 7.03. The highest BCUT2D eigenvalue weighted by molar-refractivity contribution is 7.91. The van der Waals surface area contributed by atoms with E-state index in [0.29, 0.717) is 24.4 Å². The summed E-state index contributed by atoms with van der Waals surface area (Å²) in [5, 5.41) is 9.25. The van der Waals surface area contributed by atoms with Gasteiger partial charge in [-0.05, 0) is 43.5 Å². The van der Waals surface area contributed by atoms with E-state index >= 15 is 0 Å². The molecule has 22 heavy (non-hydrogen) atoms. The van der Waals surface area contributed by atoms with Crippen LogP contribution in [-0.4, -0.2) is 50.4 Å². The van der Waals surface area contributed by atoms with Crippen molar-refractivity contribution in [2.75, 3.05) is 25.9 Å². The SMILES string of the molecule is CC(O)CCN(C)CCS(=O)(=O)c1ccc(C(C)(C)C)cc1. The first-order valence-electron chi connectivity index (χ1n) is 7.72. The quantitative estimate of drug-likeness (QED) is 0.836. The predicted molar refractivity (Wildman–Crippen MR) is 91.0 cm³/mol. The van der Waals surface area contributed by atoms with Crippen LogP contribution in [0.15, 0.2) is 29.2 Å². The highest BCUT2D eigenvalue weighted by atomic mass is 32.2. The molecule has 4 nitrogen and oxygen atoms in total. The molecule has 126 valence electrons. The Kier molecular flexibility index (Phi) is 6.59. The van der Waals surface area contributed by atoms with Gasteiger partial charge in [-0.1, -0.05) is 32.9 Å². The molecular formula is C17H29NO3S. The number of sulfone groups is 1. The predicted octanol–water partition coefficient (Wildman–Crippen LogP) is 2.46. The first-order valence-corrected chi connectivity index (χ1v) is 9.37. The topological polar surface area (TPSA) is 57.6 Å². The molecule has 0 spiro atoms. The number of aliphatic hydroxyl groups excluding tert-OH is 1. The molecular weight excluding hydrogens is 298 g/mol. The van der Waals surface area contributed by atoms with E-state index in [0.717, 1.165) is 5.56 Å². The van der Waals surface area contributed by atoms with Crippen molar-refractivity contribution in [1.82, 2.24) is 4.90 Å². The van der Waals surface area contributed by atoms with Gasteiger partial charge in [0.25, 0.3) is 0 Å². The summed E-state index contributed by atoms with van der Waals surface area (Å²) < 4.78 is 24.7. The van der Waals surface area contributed by atoms with E-state index in [-0.39, 0.29) is 17.3 Å². The highest BCUT2D eigenvalue weighted by Gasteiger charge is 2.18. The van der Waals surface area contributed by atoms with Crippen LogP contribution in [0.4, 0.5) is 0 Å². The average molecular weight is 327 g/mol. The van der Waals surface area contributed by atoms with Gasteiger partial charge in [0.1, 0.15) is 0 Å². The fourth-order valence-corrected chi connectivity index (χ4v) is 3.41. The normalized spacial score (nSPS) is 14.3. The van der Waals surface area contributed by atoms with Gasteiger partial charge in [-0.2, -0.15) is 0 Å². The van der Waals surface area contributed by atoms with E-state index in [9.17, 15) is 13.5 Å². The largest absolute Gasteiger partial charge is 0.393 e. The number of hydrogen-bond acceptors (Lipinski definition) is 4. The summed E-state index contributed by atoms with van der Waals surface area (Å²) in [6.07, 6.45) is 0.292. The smallest absolute Gasteiger partial charge is 0.179 e. The zero-order valence-electron chi connectivity index (χ0n) is 14.3. The Hall–Kier alpha value is -0.910. The lowest BCUT2D eigenvalue weighted by Crippen LogP contribution is -2.28. The van der Waals surface area contributed by atoms with Crippen LogP contribution >= 0.6 is 0 Å². The van der Waals surface area contributed by atoms with Crippen LogP contribution < -0.4 is 0 Å². The molecule has 0 aliphatic heterocycles. The first kappa shape index (κ1) is 19.1. The van der Waals surface area contributed by atoms with E-state index < -0.39 is 9.84 Å². The summed E-state index contributed by atoms with van der Waals surface area (Å²) in [4.78, 5) is 2.32. The zero-order chi connectivity index (χ0) is 17.0. The number of hydrogen-bond donors (Lipinski definition) is 1. The number of rotatable bonds is 7. The molecule has 0 saturated carbocycles. The fraction of sp³-hybridized carbons (Fsp3) is 0.647. The molecule has 0 fully saturated rings. The molecule has 0 amide bonds. The Balaban J connectivity index is 2.67. The second-order valence-corrected chi connectivity index (χ2v) is 9.14. The van der Waals surface area contributed by atoms with Crippen molar-refractivity contribution in [1.29, 1.82) is 0 Å². The molecule has 0 heterocycles. The van der Waals surface area contributed by atoms with Crippen LogP contribution in [0.25, 0.3) is 0 Å². The van der Waals surface area contributed by atoms with Crippen LogP contribution in [0, 0.1) is 0 Å². The molecule has 0 aliphatic rings. The monoisotopic (exact) mass is 327 g/mol. The molecule has 1 rings (SSSR count). The average Bonchev–Trinajstić information content (AvgIpc) is 2.42. The molecule has 1 aromatic rings. The lowest BCUT2D eigenvalue weighted by Gasteiger charge is -2.20. The van der Waals surface area contributed by atoms with Crippen LogP contribution in [0.5, 0.6) is 0 Å². The minimum absolute atomic E-state index is 0.0174. The molecule has 0 aliphatic carbocycles. The van der Waals surface area contributed by atoms with Gasteiger partial charge in [-0.3, -0.25) is 0 Å². The van der Waals surface area contributed by atoms with E-state index in [1.807, 2.05) is 24.1 Å². The van der Waals surface area contributed by atoms with Gasteiger partial charge in [0.15, 0.2) is 9.84 Å². The van der Waals surface area contributed by atoms with Crippen molar-refractivity contribution in [2.45, 2.75) is 50.5 Å². The maximum Gasteiger partial charge on any atom is 0.179 e. The van der Waals surface area contributed by atoms with E-state index in [4.69, 9.17) is 0 Å². The van der Waals surface area contributed by atoms with Gasteiger partial charge in [0.05, 0.1) is 16.8 Å². The Bertz CT molecular complexity index is 557. The van der Waals surface area contributed by atoms with Crippen molar-refractivity contribution in [3.8, 4) is 0 Å². The van der Waals surface area contributed by atoms with Crippen molar-refractivity contribution in [3.05, 3.63) is 29.8 Å². The molecule has 1 N–H and O–H groups in total. The third-order valence-electron chi connectivity index (χ3n) is 3.75. The van der Waals surface area contributed by atoms with Gasteiger partial charge < -0.3 is 10.0 Å². The van der Waals surface area contributed by atoms with Crippen molar-refractivity contribution in [3.63, 3.8) is 0 Å². The summed E-state index contributed by atoms with van der Waals surface area (Å²) in [6.45, 7) is 9.21. The maximum absolute atomic E-state index is 12.4. The molecule has 1 unspecified atom stereocenters. The van der Waals surface area contributed by atoms with Gasteiger partial charge in [0, 0.05) is 13.1 Å². The second kappa shape index (κ2) is 7.57. The van der Waals surface area contributed by atoms with E-state index in [2.05, 4.69) is 20.8 Å². The molecule has 1 aromatic carbocycles. The summed E-state index contributed by atoms with van der Waals surface area (Å²) in [5.74, 6) is 0.0954. The van der Waals surface area contributed by atoms with Crippen LogP contribution in [0.2, 0.25) is 0 Å². The van der Waals surface area contributed by atoms with Gasteiger partial charge in [-0.25, -0.2) is 8.42 Å². The number of nitrogens with zero attached hydrogens (tertiary/aromatic N) is 1. The van der Waals surface area contributed by atoms with Crippen LogP contribution in [0.1, 0.15) is 39.7 Å². The third-order valence-corrected chi connectivity index (χ3v) is 5.46. The zero-order valence-corrected chi connectivity index (χ0v) is 15.2. The fourth-order valence-electron chi connectivity index (χ4n) is 2.08. The molecule has 0 radical (unpaired) electrons. The Labute approximate surface area is 135 Å². The molecule has 0 aromatic heterocycles. The summed E-state index contributed by atoms with van der Waals surface area (Å²) in [6, 6.07) is 7.19. The Morgan fingerprint density at radius 3 is 2.14 bits per heavy atom. The summed E-state index contributed by atoms with van der Waals surface area (Å²) in [7, 11) is -1.38. The molecule has 0 saturated heterocycles. The lowest BCUT2D eigenvalue weighted by molar-refractivity contribution is 0.166. The van der Waals surface area contributed by atoms with Crippen LogP contribution in [-0.2, 0) is 15.3 Å². The van der Waals surface area contributed by atoms with Crippen molar-refractivity contribution in [2.24, 2.45) is 0 Å². The highest BCUT2D eigenvalue weighted by Crippen LogP contribution is 2.23. The minimum atomic E-state index is -3.26.